The smallest absolute Gasteiger partial charge is 0.0745 e. The summed E-state index contributed by atoms with van der Waals surface area (Å²) in [7, 11) is 1.91. The van der Waals surface area contributed by atoms with E-state index in [0.29, 0.717) is 6.54 Å². The summed E-state index contributed by atoms with van der Waals surface area (Å²) in [6, 6.07) is 10.3. The molecule has 1 aromatic carbocycles. The number of hydrogen-bond acceptors (Lipinski definition) is 4. The van der Waals surface area contributed by atoms with Gasteiger partial charge in [0.15, 0.2) is 0 Å². The number of hydrogen-bond donors (Lipinski definition) is 2. The molecule has 2 N–H and O–H groups in total. The summed E-state index contributed by atoms with van der Waals surface area (Å²) in [5.74, 6) is 0.404. The number of β-amino-alcohol motifs (C(OH)–C–C–N with tert-alkyl or cyclic N) is 1. The SMILES string of the molecule is Cn1cc(CN2C[C@@H](O)[C@@]3(C2)[C@H](CO)[C@H]3c2ccccc2)cn1. The molecule has 1 saturated heterocycles. The van der Waals surface area contributed by atoms with Gasteiger partial charge >= 0.3 is 0 Å². The largest absolute Gasteiger partial charge is 0.396 e. The van der Waals surface area contributed by atoms with E-state index in [4.69, 9.17) is 0 Å². The molecule has 0 radical (unpaired) electrons. The predicted molar refractivity (Wildman–Crippen MR) is 86.7 cm³/mol. The molecule has 2 heterocycles. The Kier molecular flexibility index (Phi) is 3.52. The molecule has 122 valence electrons. The molecule has 23 heavy (non-hydrogen) atoms. The lowest BCUT2D eigenvalue weighted by molar-refractivity contribution is 0.111. The van der Waals surface area contributed by atoms with E-state index in [1.807, 2.05) is 37.6 Å². The van der Waals surface area contributed by atoms with E-state index in [1.54, 1.807) is 4.68 Å². The van der Waals surface area contributed by atoms with E-state index in [0.717, 1.165) is 18.7 Å². The highest BCUT2D eigenvalue weighted by atomic mass is 16.3. The van der Waals surface area contributed by atoms with Gasteiger partial charge in [-0.3, -0.25) is 9.58 Å². The van der Waals surface area contributed by atoms with Crippen LogP contribution < -0.4 is 0 Å². The molecule has 4 atom stereocenters. The molecule has 2 fully saturated rings. The van der Waals surface area contributed by atoms with Crippen molar-refractivity contribution in [1.82, 2.24) is 14.7 Å². The maximum absolute atomic E-state index is 10.7. The van der Waals surface area contributed by atoms with Gasteiger partial charge in [-0.15, -0.1) is 0 Å². The zero-order valence-electron chi connectivity index (χ0n) is 13.3. The Bertz CT molecular complexity index is 687. The highest BCUT2D eigenvalue weighted by molar-refractivity contribution is 5.36. The van der Waals surface area contributed by atoms with Crippen molar-refractivity contribution in [3.63, 3.8) is 0 Å². The topological polar surface area (TPSA) is 61.5 Å². The number of likely N-dealkylation sites (tertiary alicyclic amines) is 1. The van der Waals surface area contributed by atoms with Gasteiger partial charge in [0, 0.05) is 50.5 Å². The van der Waals surface area contributed by atoms with E-state index in [9.17, 15) is 10.2 Å². The third-order valence-electron chi connectivity index (χ3n) is 5.63. The van der Waals surface area contributed by atoms with E-state index in [2.05, 4.69) is 22.1 Å². The second-order valence-electron chi connectivity index (χ2n) is 7.00. The lowest BCUT2D eigenvalue weighted by Crippen LogP contribution is -2.23. The maximum Gasteiger partial charge on any atom is 0.0745 e. The van der Waals surface area contributed by atoms with Crippen molar-refractivity contribution in [1.29, 1.82) is 0 Å². The van der Waals surface area contributed by atoms with Gasteiger partial charge in [0.25, 0.3) is 0 Å². The molecule has 5 heteroatoms. The first kappa shape index (κ1) is 14.9. The van der Waals surface area contributed by atoms with E-state index in [-0.39, 0.29) is 30.0 Å². The fourth-order valence-electron chi connectivity index (χ4n) is 4.59. The number of rotatable bonds is 4. The molecule has 1 aromatic heterocycles. The van der Waals surface area contributed by atoms with Crippen molar-refractivity contribution < 1.29 is 10.2 Å². The Morgan fingerprint density at radius 3 is 2.74 bits per heavy atom. The van der Waals surface area contributed by atoms with E-state index >= 15 is 0 Å². The van der Waals surface area contributed by atoms with E-state index in [1.165, 1.54) is 5.56 Å². The number of aryl methyl sites for hydroxylation is 1. The van der Waals surface area contributed by atoms with Crippen molar-refractivity contribution >= 4 is 0 Å². The van der Waals surface area contributed by atoms with Crippen molar-refractivity contribution in [3.05, 3.63) is 53.9 Å². The highest BCUT2D eigenvalue weighted by Gasteiger charge is 2.70. The lowest BCUT2D eigenvalue weighted by atomic mass is 9.95. The fraction of sp³-hybridized carbons (Fsp3) is 0.500. The molecule has 1 aliphatic heterocycles. The van der Waals surface area contributed by atoms with Gasteiger partial charge in [-0.1, -0.05) is 30.3 Å². The minimum absolute atomic E-state index is 0.136. The normalized spacial score (nSPS) is 33.4. The summed E-state index contributed by atoms with van der Waals surface area (Å²) in [4.78, 5) is 2.28. The first-order valence-electron chi connectivity index (χ1n) is 8.19. The summed E-state index contributed by atoms with van der Waals surface area (Å²) in [6.45, 7) is 2.42. The van der Waals surface area contributed by atoms with Gasteiger partial charge < -0.3 is 10.2 Å². The van der Waals surface area contributed by atoms with Crippen LogP contribution in [0.4, 0.5) is 0 Å². The first-order valence-corrected chi connectivity index (χ1v) is 8.19. The van der Waals surface area contributed by atoms with Gasteiger partial charge in [-0.2, -0.15) is 5.10 Å². The van der Waals surface area contributed by atoms with Crippen LogP contribution >= 0.6 is 0 Å². The molecule has 0 amide bonds. The zero-order valence-corrected chi connectivity index (χ0v) is 13.3. The van der Waals surface area contributed by atoms with Crippen LogP contribution in [0, 0.1) is 11.3 Å². The van der Waals surface area contributed by atoms with Gasteiger partial charge in [0.05, 0.1) is 12.3 Å². The summed E-state index contributed by atoms with van der Waals surface area (Å²) in [5.41, 5.74) is 2.20. The molecule has 4 rings (SSSR count). The molecule has 2 aliphatic rings. The molecule has 5 nitrogen and oxygen atoms in total. The quantitative estimate of drug-likeness (QED) is 0.884. The van der Waals surface area contributed by atoms with Crippen molar-refractivity contribution in [2.24, 2.45) is 18.4 Å². The van der Waals surface area contributed by atoms with Gasteiger partial charge in [0.2, 0.25) is 0 Å². The van der Waals surface area contributed by atoms with Crippen LogP contribution in [0.5, 0.6) is 0 Å². The van der Waals surface area contributed by atoms with Crippen LogP contribution in [0.25, 0.3) is 0 Å². The zero-order chi connectivity index (χ0) is 16.0. The fourth-order valence-corrected chi connectivity index (χ4v) is 4.59. The Morgan fingerprint density at radius 1 is 1.30 bits per heavy atom. The van der Waals surface area contributed by atoms with Crippen LogP contribution in [0.1, 0.15) is 17.0 Å². The van der Waals surface area contributed by atoms with E-state index < -0.39 is 0 Å². The molecule has 1 spiro atoms. The van der Waals surface area contributed by atoms with Crippen LogP contribution in [0.15, 0.2) is 42.7 Å². The number of benzene rings is 1. The second kappa shape index (κ2) is 5.44. The van der Waals surface area contributed by atoms with Gasteiger partial charge in [-0.05, 0) is 17.4 Å². The number of aromatic nitrogens is 2. The molecule has 2 aromatic rings. The van der Waals surface area contributed by atoms with Crippen LogP contribution in [0.2, 0.25) is 0 Å². The third kappa shape index (κ3) is 2.31. The monoisotopic (exact) mass is 313 g/mol. The summed E-state index contributed by atoms with van der Waals surface area (Å²) in [5, 5.41) is 24.8. The number of aliphatic hydroxyl groups excluding tert-OH is 2. The standard InChI is InChI=1S/C18H23N3O2/c1-20-8-13(7-19-20)9-21-10-16(23)18(12-21)15(11-22)17(18)14-5-3-2-4-6-14/h2-8,15-17,22-23H,9-12H2,1H3/t15-,16-,17-,18-/m1/s1. The Morgan fingerprint density at radius 2 is 2.09 bits per heavy atom. The number of nitrogens with zero attached hydrogens (tertiary/aromatic N) is 3. The average molecular weight is 313 g/mol. The van der Waals surface area contributed by atoms with Crippen LogP contribution in [-0.4, -0.2) is 50.7 Å². The molecule has 1 saturated carbocycles. The van der Waals surface area contributed by atoms with Crippen LogP contribution in [-0.2, 0) is 13.6 Å². The average Bonchev–Trinajstić information content (AvgIpc) is 2.82. The highest BCUT2D eigenvalue weighted by Crippen LogP contribution is 2.68. The number of aliphatic hydroxyl groups is 2. The molecule has 0 bridgehead atoms. The van der Waals surface area contributed by atoms with Gasteiger partial charge in [-0.25, -0.2) is 0 Å². The first-order chi connectivity index (χ1) is 11.1. The predicted octanol–water partition coefficient (Wildman–Crippen LogP) is 0.989. The maximum atomic E-state index is 10.7. The summed E-state index contributed by atoms with van der Waals surface area (Å²) in [6.07, 6.45) is 3.51. The molecular weight excluding hydrogens is 290 g/mol. The molecule has 1 aliphatic carbocycles. The molecule has 0 unspecified atom stereocenters. The van der Waals surface area contributed by atoms with Crippen molar-refractivity contribution in [2.45, 2.75) is 18.6 Å². The minimum atomic E-state index is -0.387. The van der Waals surface area contributed by atoms with Crippen molar-refractivity contribution in [2.75, 3.05) is 19.7 Å². The summed E-state index contributed by atoms with van der Waals surface area (Å²) < 4.78 is 1.80. The summed E-state index contributed by atoms with van der Waals surface area (Å²) >= 11 is 0. The minimum Gasteiger partial charge on any atom is -0.396 e. The molecular formula is C18H23N3O2. The van der Waals surface area contributed by atoms with Crippen molar-refractivity contribution in [3.8, 4) is 0 Å². The Balaban J connectivity index is 1.54. The van der Waals surface area contributed by atoms with Crippen LogP contribution in [0.3, 0.4) is 0 Å². The Labute approximate surface area is 136 Å². The Hall–Kier alpha value is -1.69. The third-order valence-corrected chi connectivity index (χ3v) is 5.63. The van der Waals surface area contributed by atoms with Gasteiger partial charge in [0.1, 0.15) is 0 Å². The second-order valence-corrected chi connectivity index (χ2v) is 7.00. The lowest BCUT2D eigenvalue weighted by Gasteiger charge is -2.15.